The summed E-state index contributed by atoms with van der Waals surface area (Å²) in [5, 5.41) is 11.2. The fourth-order valence-corrected chi connectivity index (χ4v) is 4.15. The van der Waals surface area contributed by atoms with Crippen LogP contribution in [0.25, 0.3) is 0 Å². The van der Waals surface area contributed by atoms with Crippen molar-refractivity contribution in [2.24, 2.45) is 0 Å². The first-order chi connectivity index (χ1) is 14.9. The number of rotatable bonds is 9. The molecule has 2 aliphatic heterocycles. The van der Waals surface area contributed by atoms with Crippen LogP contribution in [0.3, 0.4) is 0 Å². The first kappa shape index (κ1) is 22.5. The third kappa shape index (κ3) is 3.93. The Morgan fingerprint density at radius 1 is 1.19 bits per heavy atom. The molecule has 31 heavy (non-hydrogen) atoms. The van der Waals surface area contributed by atoms with Gasteiger partial charge in [0.2, 0.25) is 6.41 Å². The van der Waals surface area contributed by atoms with Crippen molar-refractivity contribution in [3.63, 3.8) is 0 Å². The lowest BCUT2D eigenvalue weighted by Gasteiger charge is -2.45. The molecule has 2 aliphatic rings. The van der Waals surface area contributed by atoms with E-state index >= 15 is 0 Å². The zero-order valence-corrected chi connectivity index (χ0v) is 17.9. The Morgan fingerprint density at radius 3 is 2.32 bits per heavy atom. The van der Waals surface area contributed by atoms with Crippen molar-refractivity contribution < 1.29 is 38.6 Å². The molecule has 3 rings (SSSR count). The van der Waals surface area contributed by atoms with E-state index in [0.717, 1.165) is 4.90 Å². The Labute approximate surface area is 187 Å². The van der Waals surface area contributed by atoms with E-state index in [1.54, 1.807) is 12.1 Å². The second-order valence-electron chi connectivity index (χ2n) is 6.17. The van der Waals surface area contributed by atoms with Crippen LogP contribution in [0.2, 0.25) is 0 Å². The Balaban J connectivity index is 1.79. The van der Waals surface area contributed by atoms with E-state index in [4.69, 9.17) is 4.74 Å². The number of likely N-dealkylation sites (tertiary alicyclic amines) is 1. The van der Waals surface area contributed by atoms with Crippen LogP contribution in [0.1, 0.15) is 20.7 Å². The van der Waals surface area contributed by atoms with E-state index in [9.17, 15) is 33.9 Å². The maximum Gasteiger partial charge on any atom is 0.360 e. The second kappa shape index (κ2) is 9.31. The van der Waals surface area contributed by atoms with Gasteiger partial charge in [-0.15, -0.1) is 0 Å². The summed E-state index contributed by atoms with van der Waals surface area (Å²) >= 11 is 3.57. The minimum Gasteiger partial charge on any atom is -0.509 e. The standard InChI is InChI=1S/C18H14BrN3O8S/c19-5-11(25)13(22-16(28)12(20-6-23)17(22)31-8-24)18(29)30-7-21-14(26)9-3-1-2-4-10(9)15(21)27/h1-4,6,8,12,17,25H,5,7H2,(H,20,23). The van der Waals surface area contributed by atoms with Crippen LogP contribution in [0.4, 0.5) is 0 Å². The maximum atomic E-state index is 12.7. The number of ether oxygens (including phenoxy) is 1. The van der Waals surface area contributed by atoms with E-state index < -0.39 is 53.3 Å². The summed E-state index contributed by atoms with van der Waals surface area (Å²) in [6, 6.07) is 4.99. The Bertz CT molecular complexity index is 978. The summed E-state index contributed by atoms with van der Waals surface area (Å²) in [4.78, 5) is 73.0. The van der Waals surface area contributed by atoms with E-state index in [1.807, 2.05) is 0 Å². The van der Waals surface area contributed by atoms with Crippen molar-refractivity contribution in [2.75, 3.05) is 12.1 Å². The molecule has 4 amide bonds. The molecule has 13 heteroatoms. The number of esters is 1. The number of carbonyl (C=O) groups excluding carboxylic acids is 6. The van der Waals surface area contributed by atoms with Gasteiger partial charge in [0, 0.05) is 0 Å². The monoisotopic (exact) mass is 511 g/mol. The van der Waals surface area contributed by atoms with Crippen molar-refractivity contribution in [2.45, 2.75) is 11.4 Å². The van der Waals surface area contributed by atoms with Crippen molar-refractivity contribution in [1.82, 2.24) is 15.1 Å². The van der Waals surface area contributed by atoms with E-state index in [-0.39, 0.29) is 22.9 Å². The molecule has 1 saturated heterocycles. The van der Waals surface area contributed by atoms with Gasteiger partial charge in [0.15, 0.2) is 18.0 Å². The first-order valence-corrected chi connectivity index (χ1v) is 10.7. The predicted molar refractivity (Wildman–Crippen MR) is 109 cm³/mol. The van der Waals surface area contributed by atoms with Crippen molar-refractivity contribution in [3.8, 4) is 0 Å². The smallest absolute Gasteiger partial charge is 0.360 e. The van der Waals surface area contributed by atoms with Crippen LogP contribution >= 0.6 is 27.7 Å². The third-order valence-corrected chi connectivity index (χ3v) is 5.93. The highest BCUT2D eigenvalue weighted by molar-refractivity contribution is 9.09. The number of β-lactam (4-membered cyclic amide) rings is 1. The molecule has 2 unspecified atom stereocenters. The summed E-state index contributed by atoms with van der Waals surface area (Å²) in [5.74, 6) is -3.86. The van der Waals surface area contributed by atoms with Gasteiger partial charge in [-0.3, -0.25) is 28.9 Å². The number of benzene rings is 1. The number of aliphatic hydroxyl groups excluding tert-OH is 1. The molecule has 0 spiro atoms. The summed E-state index contributed by atoms with van der Waals surface area (Å²) in [5.41, 5.74) is 0.148. The number of fused-ring (bicyclic) bond motifs is 1. The highest BCUT2D eigenvalue weighted by atomic mass is 79.9. The van der Waals surface area contributed by atoms with Crippen LogP contribution < -0.4 is 5.32 Å². The molecule has 0 bridgehead atoms. The van der Waals surface area contributed by atoms with Crippen LogP contribution in [0, 0.1) is 0 Å². The largest absolute Gasteiger partial charge is 0.509 e. The lowest BCUT2D eigenvalue weighted by Crippen LogP contribution is -2.68. The zero-order chi connectivity index (χ0) is 22.7. The number of thioether (sulfide) groups is 1. The summed E-state index contributed by atoms with van der Waals surface area (Å²) in [7, 11) is 0. The lowest BCUT2D eigenvalue weighted by molar-refractivity contribution is -0.153. The third-order valence-electron chi connectivity index (χ3n) is 4.52. The molecular weight excluding hydrogens is 498 g/mol. The molecule has 0 aliphatic carbocycles. The maximum absolute atomic E-state index is 12.7. The molecular formula is C18H14BrN3O8S. The van der Waals surface area contributed by atoms with Gasteiger partial charge in [-0.1, -0.05) is 39.8 Å². The first-order valence-electron chi connectivity index (χ1n) is 8.59. The molecule has 2 atom stereocenters. The van der Waals surface area contributed by atoms with Gasteiger partial charge in [0.1, 0.15) is 17.2 Å². The normalized spacial score (nSPS) is 20.6. The number of nitrogens with one attached hydrogen (secondary N) is 1. The minimum absolute atomic E-state index is 0.158. The average Bonchev–Trinajstić information content (AvgIpc) is 3.02. The fourth-order valence-electron chi connectivity index (χ4n) is 3.09. The van der Waals surface area contributed by atoms with Gasteiger partial charge in [-0.25, -0.2) is 9.69 Å². The summed E-state index contributed by atoms with van der Waals surface area (Å²) < 4.78 is 5.04. The van der Waals surface area contributed by atoms with Gasteiger partial charge in [-0.05, 0) is 12.1 Å². The van der Waals surface area contributed by atoms with Crippen molar-refractivity contribution in [3.05, 3.63) is 46.8 Å². The van der Waals surface area contributed by atoms with Gasteiger partial charge in [-0.2, -0.15) is 0 Å². The van der Waals surface area contributed by atoms with Gasteiger partial charge in [0.05, 0.1) is 16.5 Å². The van der Waals surface area contributed by atoms with Crippen molar-refractivity contribution >= 4 is 63.4 Å². The zero-order valence-electron chi connectivity index (χ0n) is 15.5. The highest BCUT2D eigenvalue weighted by Crippen LogP contribution is 2.34. The molecule has 0 saturated carbocycles. The van der Waals surface area contributed by atoms with E-state index in [0.29, 0.717) is 22.3 Å². The summed E-state index contributed by atoms with van der Waals surface area (Å²) in [6.07, 6.45) is 0.270. The molecule has 162 valence electrons. The van der Waals surface area contributed by atoms with Gasteiger partial charge >= 0.3 is 5.97 Å². The molecule has 0 aromatic heterocycles. The van der Waals surface area contributed by atoms with Gasteiger partial charge in [0.25, 0.3) is 17.7 Å². The van der Waals surface area contributed by atoms with E-state index in [2.05, 4.69) is 21.2 Å². The number of nitrogens with zero attached hydrogens (tertiary/aromatic N) is 2. The minimum atomic E-state index is -1.21. The number of imide groups is 1. The molecule has 2 heterocycles. The number of carbonyl (C=O) groups is 6. The Hall–Kier alpha value is -3.19. The lowest BCUT2D eigenvalue weighted by atomic mass is 10.1. The Morgan fingerprint density at radius 2 is 1.81 bits per heavy atom. The average molecular weight is 512 g/mol. The number of alkyl halides is 1. The number of allylic oxidation sites excluding steroid dienone is 1. The molecule has 1 aromatic rings. The number of hydrogen-bond acceptors (Lipinski definition) is 9. The fraction of sp³-hybridized carbons (Fsp3) is 0.222. The second-order valence-corrected chi connectivity index (χ2v) is 7.68. The van der Waals surface area contributed by atoms with Crippen LogP contribution in [-0.2, 0) is 23.9 Å². The molecule has 2 N–H and O–H groups in total. The molecule has 1 fully saturated rings. The number of hydrogen-bond donors (Lipinski definition) is 2. The number of halogens is 1. The predicted octanol–water partition coefficient (Wildman–Crippen LogP) is 0.154. The SMILES string of the molecule is O=CNC1C(=O)N(C(C(=O)OCN2C(=O)c3ccccc3C2=O)=C(O)CBr)C1SC=O. The van der Waals surface area contributed by atoms with Crippen LogP contribution in [0.5, 0.6) is 0 Å². The Kier molecular flexibility index (Phi) is 6.75. The number of amides is 4. The van der Waals surface area contributed by atoms with E-state index in [1.165, 1.54) is 12.1 Å². The van der Waals surface area contributed by atoms with Crippen LogP contribution in [0.15, 0.2) is 35.7 Å². The van der Waals surface area contributed by atoms with Crippen molar-refractivity contribution in [1.29, 1.82) is 0 Å². The molecule has 11 nitrogen and oxygen atoms in total. The van der Waals surface area contributed by atoms with Crippen LogP contribution in [-0.4, -0.2) is 74.1 Å². The number of aliphatic hydroxyl groups is 1. The molecule has 1 aromatic carbocycles. The highest BCUT2D eigenvalue weighted by Gasteiger charge is 2.52. The summed E-state index contributed by atoms with van der Waals surface area (Å²) in [6.45, 7) is -0.756. The quantitative estimate of drug-likeness (QED) is 0.0897. The van der Waals surface area contributed by atoms with Gasteiger partial charge < -0.3 is 15.2 Å². The molecule has 0 radical (unpaired) electrons. The topological polar surface area (TPSA) is 150 Å².